The summed E-state index contributed by atoms with van der Waals surface area (Å²) in [6.45, 7) is 5.41. The fraction of sp³-hybridized carbons (Fsp3) is 0.545. The zero-order valence-electron chi connectivity index (χ0n) is 9.40. The lowest BCUT2D eigenvalue weighted by atomic mass is 10.1. The molecular weight excluding hydrogens is 222 g/mol. The Kier molecular flexibility index (Phi) is 3.58. The Morgan fingerprint density at radius 3 is 3.19 bits per heavy atom. The number of amides is 1. The van der Waals surface area contributed by atoms with Crippen LogP contribution in [-0.4, -0.2) is 36.5 Å². The number of hydrogen-bond acceptors (Lipinski definition) is 4. The van der Waals surface area contributed by atoms with E-state index in [4.69, 9.17) is 5.73 Å². The summed E-state index contributed by atoms with van der Waals surface area (Å²) in [5.74, 6) is -0.235. The second-order valence-electron chi connectivity index (χ2n) is 4.12. The molecule has 1 saturated heterocycles. The van der Waals surface area contributed by atoms with Crippen molar-refractivity contribution in [1.82, 2.24) is 10.2 Å². The maximum absolute atomic E-state index is 11.3. The standard InChI is InChI=1S/C11H17N3OS/c1-8-2-5-16-10(8)7-14-4-3-13-6-9(14)11(12)15/h2,5,9,13H,3-4,6-7H2,1H3,(H2,12,15). The second-order valence-corrected chi connectivity index (χ2v) is 5.12. The van der Waals surface area contributed by atoms with Crippen molar-refractivity contribution in [2.75, 3.05) is 19.6 Å². The number of aryl methyl sites for hydroxylation is 1. The van der Waals surface area contributed by atoms with Gasteiger partial charge in [0.2, 0.25) is 5.91 Å². The molecule has 2 rings (SSSR count). The van der Waals surface area contributed by atoms with Crippen LogP contribution < -0.4 is 11.1 Å². The predicted molar refractivity (Wildman–Crippen MR) is 65.3 cm³/mol. The Balaban J connectivity index is 2.07. The molecular formula is C11H17N3OS. The Labute approximate surface area is 99.4 Å². The number of carbonyl (C=O) groups excluding carboxylic acids is 1. The molecule has 16 heavy (non-hydrogen) atoms. The molecule has 1 atom stereocenters. The van der Waals surface area contributed by atoms with Crippen molar-refractivity contribution in [2.45, 2.75) is 19.5 Å². The van der Waals surface area contributed by atoms with Gasteiger partial charge in [-0.25, -0.2) is 0 Å². The van der Waals surface area contributed by atoms with Gasteiger partial charge in [0, 0.05) is 31.1 Å². The predicted octanol–water partition coefficient (Wildman–Crippen LogP) is 0.316. The lowest BCUT2D eigenvalue weighted by molar-refractivity contribution is -0.124. The van der Waals surface area contributed by atoms with Gasteiger partial charge in [-0.3, -0.25) is 9.69 Å². The van der Waals surface area contributed by atoms with Crippen LogP contribution in [0, 0.1) is 6.92 Å². The second kappa shape index (κ2) is 4.95. The van der Waals surface area contributed by atoms with Gasteiger partial charge in [0.25, 0.3) is 0 Å². The first-order chi connectivity index (χ1) is 7.68. The van der Waals surface area contributed by atoms with Crippen LogP contribution in [-0.2, 0) is 11.3 Å². The summed E-state index contributed by atoms with van der Waals surface area (Å²) >= 11 is 1.74. The minimum atomic E-state index is -0.235. The van der Waals surface area contributed by atoms with Gasteiger partial charge in [-0.1, -0.05) is 0 Å². The zero-order valence-corrected chi connectivity index (χ0v) is 10.2. The molecule has 1 aromatic heterocycles. The van der Waals surface area contributed by atoms with Crippen LogP contribution in [0.3, 0.4) is 0 Å². The van der Waals surface area contributed by atoms with E-state index in [2.05, 4.69) is 28.6 Å². The van der Waals surface area contributed by atoms with E-state index in [0.717, 1.165) is 19.6 Å². The summed E-state index contributed by atoms with van der Waals surface area (Å²) in [7, 11) is 0. The van der Waals surface area contributed by atoms with Crippen molar-refractivity contribution >= 4 is 17.2 Å². The first-order valence-corrected chi connectivity index (χ1v) is 6.33. The summed E-state index contributed by atoms with van der Waals surface area (Å²) in [4.78, 5) is 14.8. The number of rotatable bonds is 3. The monoisotopic (exact) mass is 239 g/mol. The summed E-state index contributed by atoms with van der Waals surface area (Å²) in [5.41, 5.74) is 6.71. The Bertz CT molecular complexity index is 377. The first-order valence-electron chi connectivity index (χ1n) is 5.45. The fourth-order valence-electron chi connectivity index (χ4n) is 1.97. The number of thiophene rings is 1. The van der Waals surface area contributed by atoms with Crippen LogP contribution in [0.15, 0.2) is 11.4 Å². The average molecular weight is 239 g/mol. The van der Waals surface area contributed by atoms with E-state index in [-0.39, 0.29) is 11.9 Å². The normalized spacial score (nSPS) is 22.2. The lowest BCUT2D eigenvalue weighted by Crippen LogP contribution is -2.56. The highest BCUT2D eigenvalue weighted by Gasteiger charge is 2.27. The summed E-state index contributed by atoms with van der Waals surface area (Å²) < 4.78 is 0. The van der Waals surface area contributed by atoms with Crippen LogP contribution in [0.5, 0.6) is 0 Å². The molecule has 88 valence electrons. The summed E-state index contributed by atoms with van der Waals surface area (Å²) in [6, 6.07) is 1.94. The highest BCUT2D eigenvalue weighted by Crippen LogP contribution is 2.19. The molecule has 1 fully saturated rings. The third kappa shape index (κ3) is 2.42. The minimum Gasteiger partial charge on any atom is -0.368 e. The zero-order chi connectivity index (χ0) is 11.5. The SMILES string of the molecule is Cc1ccsc1CN1CCNCC1C(N)=O. The number of carbonyl (C=O) groups is 1. The molecule has 0 radical (unpaired) electrons. The molecule has 2 heterocycles. The van der Waals surface area contributed by atoms with E-state index >= 15 is 0 Å². The molecule has 5 heteroatoms. The molecule has 3 N–H and O–H groups in total. The number of primary amides is 1. The largest absolute Gasteiger partial charge is 0.368 e. The fourth-order valence-corrected chi connectivity index (χ4v) is 2.90. The van der Waals surface area contributed by atoms with Crippen molar-refractivity contribution in [3.63, 3.8) is 0 Å². The van der Waals surface area contributed by atoms with E-state index in [9.17, 15) is 4.79 Å². The third-order valence-electron chi connectivity index (χ3n) is 3.00. The molecule has 0 aromatic carbocycles. The van der Waals surface area contributed by atoms with Crippen molar-refractivity contribution in [2.24, 2.45) is 5.73 Å². The summed E-state index contributed by atoms with van der Waals surface area (Å²) in [6.07, 6.45) is 0. The molecule has 1 aliphatic rings. The molecule has 1 amide bonds. The number of nitrogens with one attached hydrogen (secondary N) is 1. The van der Waals surface area contributed by atoms with Gasteiger partial charge in [-0.05, 0) is 23.9 Å². The molecule has 1 unspecified atom stereocenters. The van der Waals surface area contributed by atoms with Gasteiger partial charge < -0.3 is 11.1 Å². The van der Waals surface area contributed by atoms with E-state index < -0.39 is 0 Å². The van der Waals surface area contributed by atoms with Gasteiger partial charge in [0.15, 0.2) is 0 Å². The summed E-state index contributed by atoms with van der Waals surface area (Å²) in [5, 5.41) is 5.29. The van der Waals surface area contributed by atoms with Crippen molar-refractivity contribution in [1.29, 1.82) is 0 Å². The number of piperazine rings is 1. The third-order valence-corrected chi connectivity index (χ3v) is 4.01. The number of hydrogen-bond donors (Lipinski definition) is 2. The molecule has 0 aliphatic carbocycles. The maximum Gasteiger partial charge on any atom is 0.236 e. The van der Waals surface area contributed by atoms with Crippen molar-refractivity contribution in [3.8, 4) is 0 Å². The van der Waals surface area contributed by atoms with E-state index in [1.165, 1.54) is 10.4 Å². The van der Waals surface area contributed by atoms with E-state index in [1.54, 1.807) is 11.3 Å². The molecule has 0 saturated carbocycles. The highest BCUT2D eigenvalue weighted by molar-refractivity contribution is 7.10. The highest BCUT2D eigenvalue weighted by atomic mass is 32.1. The molecule has 4 nitrogen and oxygen atoms in total. The quantitative estimate of drug-likeness (QED) is 0.798. The van der Waals surface area contributed by atoms with Crippen LogP contribution in [0.2, 0.25) is 0 Å². The first kappa shape index (κ1) is 11.6. The van der Waals surface area contributed by atoms with E-state index in [1.807, 2.05) is 0 Å². The van der Waals surface area contributed by atoms with Gasteiger partial charge in [0.05, 0.1) is 0 Å². The molecule has 0 bridgehead atoms. The van der Waals surface area contributed by atoms with Gasteiger partial charge >= 0.3 is 0 Å². The van der Waals surface area contributed by atoms with Crippen molar-refractivity contribution in [3.05, 3.63) is 21.9 Å². The Morgan fingerprint density at radius 2 is 2.56 bits per heavy atom. The van der Waals surface area contributed by atoms with Gasteiger partial charge in [0.1, 0.15) is 6.04 Å². The number of nitrogens with two attached hydrogens (primary N) is 1. The van der Waals surface area contributed by atoms with E-state index in [0.29, 0.717) is 6.54 Å². The Hall–Kier alpha value is -0.910. The lowest BCUT2D eigenvalue weighted by Gasteiger charge is -2.33. The van der Waals surface area contributed by atoms with Crippen LogP contribution in [0.4, 0.5) is 0 Å². The van der Waals surface area contributed by atoms with Gasteiger partial charge in [-0.15, -0.1) is 11.3 Å². The van der Waals surface area contributed by atoms with Crippen molar-refractivity contribution < 1.29 is 4.79 Å². The number of nitrogens with zero attached hydrogens (tertiary/aromatic N) is 1. The topological polar surface area (TPSA) is 58.4 Å². The maximum atomic E-state index is 11.3. The van der Waals surface area contributed by atoms with Crippen LogP contribution in [0.25, 0.3) is 0 Å². The molecule has 1 aliphatic heterocycles. The van der Waals surface area contributed by atoms with Crippen LogP contribution in [0.1, 0.15) is 10.4 Å². The Morgan fingerprint density at radius 1 is 1.75 bits per heavy atom. The average Bonchev–Trinajstić information content (AvgIpc) is 2.65. The molecule has 1 aromatic rings. The van der Waals surface area contributed by atoms with Gasteiger partial charge in [-0.2, -0.15) is 0 Å². The van der Waals surface area contributed by atoms with Crippen LogP contribution >= 0.6 is 11.3 Å². The smallest absolute Gasteiger partial charge is 0.236 e. The minimum absolute atomic E-state index is 0.171. The molecule has 0 spiro atoms.